The predicted molar refractivity (Wildman–Crippen MR) is 65.6 cm³/mol. The number of hydrogen-bond donors (Lipinski definition) is 1. The summed E-state index contributed by atoms with van der Waals surface area (Å²) >= 11 is 4.00. The Hall–Kier alpha value is -0.290. The van der Waals surface area contributed by atoms with Gasteiger partial charge < -0.3 is 5.11 Å². The van der Waals surface area contributed by atoms with Gasteiger partial charge in [-0.25, -0.2) is 0 Å². The van der Waals surface area contributed by atoms with E-state index in [1.165, 1.54) is 13.8 Å². The molecule has 0 spiro atoms. The SMILES string of the molecule is CCc1c(I)sc2c(O)cccc12. The molecule has 2 aromatic rings. The van der Waals surface area contributed by atoms with E-state index in [0.717, 1.165) is 11.1 Å². The van der Waals surface area contributed by atoms with Gasteiger partial charge in [0.25, 0.3) is 0 Å². The van der Waals surface area contributed by atoms with Gasteiger partial charge >= 0.3 is 0 Å². The molecule has 1 N–H and O–H groups in total. The van der Waals surface area contributed by atoms with Crippen molar-refractivity contribution in [3.63, 3.8) is 0 Å². The van der Waals surface area contributed by atoms with E-state index < -0.39 is 0 Å². The van der Waals surface area contributed by atoms with Crippen LogP contribution in [0.5, 0.6) is 5.75 Å². The fourth-order valence-electron chi connectivity index (χ4n) is 1.46. The highest BCUT2D eigenvalue weighted by Gasteiger charge is 2.10. The molecule has 0 saturated heterocycles. The molecule has 0 radical (unpaired) electrons. The first-order valence-corrected chi connectivity index (χ1v) is 6.02. The van der Waals surface area contributed by atoms with Crippen LogP contribution in [-0.4, -0.2) is 5.11 Å². The van der Waals surface area contributed by atoms with E-state index in [2.05, 4.69) is 35.6 Å². The van der Waals surface area contributed by atoms with Gasteiger partial charge in [0.2, 0.25) is 0 Å². The van der Waals surface area contributed by atoms with E-state index in [1.807, 2.05) is 6.07 Å². The van der Waals surface area contributed by atoms with Crippen LogP contribution < -0.4 is 0 Å². The molecule has 1 nitrogen and oxygen atoms in total. The molecule has 3 heteroatoms. The van der Waals surface area contributed by atoms with Crippen molar-refractivity contribution >= 4 is 44.0 Å². The van der Waals surface area contributed by atoms with Crippen molar-refractivity contribution in [1.29, 1.82) is 0 Å². The van der Waals surface area contributed by atoms with Crippen LogP contribution in [0.1, 0.15) is 12.5 Å². The second-order valence-corrected chi connectivity index (χ2v) is 5.69. The minimum atomic E-state index is 0.403. The third kappa shape index (κ3) is 1.44. The quantitative estimate of drug-likeness (QED) is 0.795. The number of aryl methyl sites for hydroxylation is 1. The fraction of sp³-hybridized carbons (Fsp3) is 0.200. The maximum Gasteiger partial charge on any atom is 0.133 e. The van der Waals surface area contributed by atoms with Gasteiger partial charge in [0.05, 0.1) is 7.58 Å². The summed E-state index contributed by atoms with van der Waals surface area (Å²) in [6.45, 7) is 2.15. The summed E-state index contributed by atoms with van der Waals surface area (Å²) in [7, 11) is 0. The summed E-state index contributed by atoms with van der Waals surface area (Å²) in [6.07, 6.45) is 1.03. The fourth-order valence-corrected chi connectivity index (χ4v) is 3.82. The zero-order valence-electron chi connectivity index (χ0n) is 7.17. The van der Waals surface area contributed by atoms with E-state index in [0.29, 0.717) is 5.75 Å². The van der Waals surface area contributed by atoms with Gasteiger partial charge in [-0.05, 0) is 40.6 Å². The van der Waals surface area contributed by atoms with Crippen LogP contribution in [0.25, 0.3) is 10.1 Å². The van der Waals surface area contributed by atoms with Crippen molar-refractivity contribution in [1.82, 2.24) is 0 Å². The van der Waals surface area contributed by atoms with Crippen molar-refractivity contribution in [2.75, 3.05) is 0 Å². The van der Waals surface area contributed by atoms with Crippen molar-refractivity contribution in [3.8, 4) is 5.75 Å². The van der Waals surface area contributed by atoms with E-state index in [1.54, 1.807) is 17.4 Å². The first-order valence-electron chi connectivity index (χ1n) is 4.13. The summed E-state index contributed by atoms with van der Waals surface area (Å²) in [5.41, 5.74) is 1.36. The molecule has 68 valence electrons. The van der Waals surface area contributed by atoms with Gasteiger partial charge in [-0.1, -0.05) is 19.1 Å². The lowest BCUT2D eigenvalue weighted by atomic mass is 10.1. The van der Waals surface area contributed by atoms with Crippen LogP contribution in [0.4, 0.5) is 0 Å². The van der Waals surface area contributed by atoms with E-state index in [9.17, 15) is 5.11 Å². The number of benzene rings is 1. The molecule has 1 heterocycles. The monoisotopic (exact) mass is 304 g/mol. The first kappa shape index (κ1) is 9.27. The zero-order chi connectivity index (χ0) is 9.42. The average molecular weight is 304 g/mol. The Balaban J connectivity index is 2.86. The summed E-state index contributed by atoms with van der Waals surface area (Å²) in [5.74, 6) is 0.403. The Morgan fingerprint density at radius 1 is 1.46 bits per heavy atom. The molecule has 0 bridgehead atoms. The Morgan fingerprint density at radius 2 is 2.23 bits per heavy atom. The molecule has 0 saturated carbocycles. The van der Waals surface area contributed by atoms with Crippen molar-refractivity contribution in [2.24, 2.45) is 0 Å². The molecular weight excluding hydrogens is 295 g/mol. The standard InChI is InChI=1S/C10H9IOS/c1-2-6-7-4-3-5-8(12)9(7)13-10(6)11/h3-5,12H,2H2,1H3. The normalized spacial score (nSPS) is 10.9. The van der Waals surface area contributed by atoms with Gasteiger partial charge in [0.15, 0.2) is 0 Å². The Morgan fingerprint density at radius 3 is 2.92 bits per heavy atom. The molecule has 1 aromatic carbocycles. The zero-order valence-corrected chi connectivity index (χ0v) is 10.1. The van der Waals surface area contributed by atoms with Crippen molar-refractivity contribution in [2.45, 2.75) is 13.3 Å². The molecular formula is C10H9IOS. The van der Waals surface area contributed by atoms with E-state index >= 15 is 0 Å². The topological polar surface area (TPSA) is 20.2 Å². The van der Waals surface area contributed by atoms with Crippen LogP contribution in [0.3, 0.4) is 0 Å². The minimum Gasteiger partial charge on any atom is -0.506 e. The molecule has 0 unspecified atom stereocenters. The number of halogens is 1. The second-order valence-electron chi connectivity index (χ2n) is 2.86. The van der Waals surface area contributed by atoms with Gasteiger partial charge in [-0.3, -0.25) is 0 Å². The van der Waals surface area contributed by atoms with Crippen molar-refractivity contribution < 1.29 is 5.11 Å². The molecule has 0 aliphatic heterocycles. The molecule has 0 fully saturated rings. The smallest absolute Gasteiger partial charge is 0.133 e. The molecule has 1 aromatic heterocycles. The third-order valence-electron chi connectivity index (χ3n) is 2.10. The maximum atomic E-state index is 9.61. The lowest BCUT2D eigenvalue weighted by molar-refractivity contribution is 0.482. The van der Waals surface area contributed by atoms with Crippen LogP contribution in [0.15, 0.2) is 18.2 Å². The minimum absolute atomic E-state index is 0.403. The molecule has 0 aliphatic carbocycles. The lowest BCUT2D eigenvalue weighted by Gasteiger charge is -1.95. The number of rotatable bonds is 1. The van der Waals surface area contributed by atoms with Crippen LogP contribution in [0, 0.1) is 2.88 Å². The highest BCUT2D eigenvalue weighted by atomic mass is 127. The Kier molecular flexibility index (Phi) is 2.47. The first-order chi connectivity index (χ1) is 6.24. The molecule has 2 rings (SSSR count). The van der Waals surface area contributed by atoms with Crippen LogP contribution in [-0.2, 0) is 6.42 Å². The van der Waals surface area contributed by atoms with E-state index in [-0.39, 0.29) is 0 Å². The van der Waals surface area contributed by atoms with Gasteiger partial charge in [-0.2, -0.15) is 0 Å². The van der Waals surface area contributed by atoms with E-state index in [4.69, 9.17) is 0 Å². The van der Waals surface area contributed by atoms with Gasteiger partial charge in [0, 0.05) is 5.39 Å². The van der Waals surface area contributed by atoms with Gasteiger partial charge in [-0.15, -0.1) is 11.3 Å². The lowest BCUT2D eigenvalue weighted by Crippen LogP contribution is -1.78. The Bertz CT molecular complexity index is 447. The molecule has 0 atom stereocenters. The largest absolute Gasteiger partial charge is 0.506 e. The number of phenols is 1. The summed E-state index contributed by atoms with van der Waals surface area (Å²) in [5, 5.41) is 10.8. The van der Waals surface area contributed by atoms with Crippen LogP contribution >= 0.6 is 33.9 Å². The number of hydrogen-bond acceptors (Lipinski definition) is 2. The molecule has 0 aliphatic rings. The highest BCUT2D eigenvalue weighted by Crippen LogP contribution is 2.37. The number of phenolic OH excluding ortho intramolecular Hbond substituents is 1. The second kappa shape index (κ2) is 3.46. The number of aromatic hydroxyl groups is 1. The third-order valence-corrected chi connectivity index (χ3v) is 4.47. The molecule has 0 amide bonds. The summed E-state index contributed by atoms with van der Waals surface area (Å²) in [4.78, 5) is 0. The average Bonchev–Trinajstić information content (AvgIpc) is 2.43. The maximum absolute atomic E-state index is 9.61. The number of thiophene rings is 1. The summed E-state index contributed by atoms with van der Waals surface area (Å²) in [6, 6.07) is 5.72. The predicted octanol–water partition coefficient (Wildman–Crippen LogP) is 3.77. The highest BCUT2D eigenvalue weighted by molar-refractivity contribution is 14.1. The van der Waals surface area contributed by atoms with Crippen LogP contribution in [0.2, 0.25) is 0 Å². The summed E-state index contributed by atoms with van der Waals surface area (Å²) < 4.78 is 2.31. The van der Waals surface area contributed by atoms with Crippen molar-refractivity contribution in [3.05, 3.63) is 26.6 Å². The van der Waals surface area contributed by atoms with Gasteiger partial charge in [0.1, 0.15) is 5.75 Å². The number of fused-ring (bicyclic) bond motifs is 1. The molecule has 13 heavy (non-hydrogen) atoms. The Labute approximate surface area is 94.5 Å².